The van der Waals surface area contributed by atoms with Crippen LogP contribution in [0.1, 0.15) is 21.5 Å². The molecule has 3 aromatic carbocycles. The summed E-state index contributed by atoms with van der Waals surface area (Å²) in [5, 5.41) is 6.34. The molecule has 136 valence electrons. The average Bonchev–Trinajstić information content (AvgIpc) is 2.65. The van der Waals surface area contributed by atoms with Crippen LogP contribution in [0, 0.1) is 6.92 Å². The summed E-state index contributed by atoms with van der Waals surface area (Å²) in [5.74, 6) is -0.276. The fraction of sp³-hybridized carbons (Fsp3) is 0.0909. The topological polar surface area (TPSA) is 58.2 Å². The first kappa shape index (κ1) is 18.7. The highest BCUT2D eigenvalue weighted by molar-refractivity contribution is 6.30. The maximum absolute atomic E-state index is 12.3. The molecule has 0 saturated carbocycles. The molecule has 0 aliphatic carbocycles. The highest BCUT2D eigenvalue weighted by Gasteiger charge is 2.09. The third-order valence-corrected chi connectivity index (χ3v) is 4.35. The van der Waals surface area contributed by atoms with Crippen molar-refractivity contribution >= 4 is 34.8 Å². The van der Waals surface area contributed by atoms with Gasteiger partial charge in [-0.3, -0.25) is 9.59 Å². The van der Waals surface area contributed by atoms with Crippen LogP contribution in [-0.4, -0.2) is 11.8 Å². The first-order chi connectivity index (χ1) is 13.0. The highest BCUT2D eigenvalue weighted by atomic mass is 35.5. The molecular formula is C22H19ClN2O2. The van der Waals surface area contributed by atoms with E-state index in [1.807, 2.05) is 37.3 Å². The van der Waals surface area contributed by atoms with Gasteiger partial charge < -0.3 is 10.6 Å². The van der Waals surface area contributed by atoms with Crippen molar-refractivity contribution < 1.29 is 9.59 Å². The Morgan fingerprint density at radius 1 is 0.815 bits per heavy atom. The molecule has 0 aliphatic heterocycles. The van der Waals surface area contributed by atoms with E-state index in [1.54, 1.807) is 42.5 Å². The Morgan fingerprint density at radius 3 is 2.04 bits per heavy atom. The number of hydrogen-bond donors (Lipinski definition) is 2. The van der Waals surface area contributed by atoms with Gasteiger partial charge in [0.15, 0.2) is 0 Å². The Balaban J connectivity index is 1.58. The molecule has 0 saturated heterocycles. The highest BCUT2D eigenvalue weighted by Crippen LogP contribution is 2.17. The zero-order valence-electron chi connectivity index (χ0n) is 14.8. The van der Waals surface area contributed by atoms with Crippen LogP contribution in [0.25, 0.3) is 0 Å². The summed E-state index contributed by atoms with van der Waals surface area (Å²) >= 11 is 5.85. The molecule has 0 aromatic heterocycles. The maximum Gasteiger partial charge on any atom is 0.255 e. The van der Waals surface area contributed by atoms with Crippen molar-refractivity contribution in [2.45, 2.75) is 13.3 Å². The van der Waals surface area contributed by atoms with Crippen LogP contribution < -0.4 is 10.6 Å². The summed E-state index contributed by atoms with van der Waals surface area (Å²) in [4.78, 5) is 24.5. The molecule has 0 aliphatic rings. The SMILES string of the molecule is Cc1ccccc1C(=O)Nc1ccc(NC(=O)Cc2ccc(Cl)cc2)cc1. The first-order valence-corrected chi connectivity index (χ1v) is 8.90. The normalized spacial score (nSPS) is 10.3. The van der Waals surface area contributed by atoms with E-state index in [1.165, 1.54) is 0 Å². The molecule has 3 rings (SSSR count). The molecule has 0 spiro atoms. The molecule has 0 fully saturated rings. The summed E-state index contributed by atoms with van der Waals surface area (Å²) in [6.45, 7) is 1.90. The Hall–Kier alpha value is -3.11. The minimum Gasteiger partial charge on any atom is -0.326 e. The van der Waals surface area contributed by atoms with E-state index >= 15 is 0 Å². The van der Waals surface area contributed by atoms with Gasteiger partial charge in [0, 0.05) is 22.0 Å². The molecule has 0 bridgehead atoms. The third kappa shape index (κ3) is 5.19. The molecule has 0 radical (unpaired) electrons. The van der Waals surface area contributed by atoms with Gasteiger partial charge in [0.25, 0.3) is 5.91 Å². The number of aryl methyl sites for hydroxylation is 1. The average molecular weight is 379 g/mol. The van der Waals surface area contributed by atoms with Gasteiger partial charge >= 0.3 is 0 Å². The molecule has 0 heterocycles. The molecule has 0 unspecified atom stereocenters. The predicted molar refractivity (Wildman–Crippen MR) is 109 cm³/mol. The van der Waals surface area contributed by atoms with Crippen LogP contribution in [0.3, 0.4) is 0 Å². The van der Waals surface area contributed by atoms with Crippen molar-refractivity contribution in [3.8, 4) is 0 Å². The van der Waals surface area contributed by atoms with E-state index in [4.69, 9.17) is 11.6 Å². The van der Waals surface area contributed by atoms with E-state index in [9.17, 15) is 9.59 Å². The number of carbonyl (C=O) groups is 2. The predicted octanol–water partition coefficient (Wildman–Crippen LogP) is 5.08. The quantitative estimate of drug-likeness (QED) is 0.650. The fourth-order valence-electron chi connectivity index (χ4n) is 2.66. The molecule has 0 atom stereocenters. The lowest BCUT2D eigenvalue weighted by Gasteiger charge is -2.09. The zero-order valence-corrected chi connectivity index (χ0v) is 15.6. The first-order valence-electron chi connectivity index (χ1n) is 8.52. The van der Waals surface area contributed by atoms with Gasteiger partial charge in [0.2, 0.25) is 5.91 Å². The summed E-state index contributed by atoms with van der Waals surface area (Å²) < 4.78 is 0. The van der Waals surface area contributed by atoms with Gasteiger partial charge in [-0.25, -0.2) is 0 Å². The van der Waals surface area contributed by atoms with Crippen LogP contribution in [0.5, 0.6) is 0 Å². The van der Waals surface area contributed by atoms with Gasteiger partial charge in [0.05, 0.1) is 6.42 Å². The largest absolute Gasteiger partial charge is 0.326 e. The summed E-state index contributed by atoms with van der Waals surface area (Å²) in [6.07, 6.45) is 0.267. The number of halogens is 1. The number of amides is 2. The lowest BCUT2D eigenvalue weighted by molar-refractivity contribution is -0.115. The number of hydrogen-bond acceptors (Lipinski definition) is 2. The molecule has 2 N–H and O–H groups in total. The smallest absolute Gasteiger partial charge is 0.255 e. The van der Waals surface area contributed by atoms with Crippen molar-refractivity contribution in [2.75, 3.05) is 10.6 Å². The summed E-state index contributed by atoms with van der Waals surface area (Å²) in [6, 6.07) is 21.6. The van der Waals surface area contributed by atoms with Crippen molar-refractivity contribution in [3.63, 3.8) is 0 Å². The van der Waals surface area contributed by atoms with Gasteiger partial charge in [-0.1, -0.05) is 41.9 Å². The van der Waals surface area contributed by atoms with E-state index in [0.717, 1.165) is 11.1 Å². The molecule has 4 nitrogen and oxygen atoms in total. The van der Waals surface area contributed by atoms with Crippen molar-refractivity contribution in [1.82, 2.24) is 0 Å². The molecular weight excluding hydrogens is 360 g/mol. The molecule has 2 amide bonds. The number of carbonyl (C=O) groups excluding carboxylic acids is 2. The van der Waals surface area contributed by atoms with Crippen LogP contribution >= 0.6 is 11.6 Å². The number of rotatable bonds is 5. The third-order valence-electron chi connectivity index (χ3n) is 4.09. The van der Waals surface area contributed by atoms with Gasteiger partial charge in [0.1, 0.15) is 0 Å². The second-order valence-corrected chi connectivity index (χ2v) is 6.63. The summed E-state index contributed by atoms with van der Waals surface area (Å²) in [5.41, 5.74) is 3.78. The monoisotopic (exact) mass is 378 g/mol. The van der Waals surface area contributed by atoms with Crippen LogP contribution in [0.4, 0.5) is 11.4 Å². The lowest BCUT2D eigenvalue weighted by Crippen LogP contribution is -2.15. The minimum absolute atomic E-state index is 0.117. The zero-order chi connectivity index (χ0) is 19.2. The van der Waals surface area contributed by atoms with Crippen LogP contribution in [0.2, 0.25) is 5.02 Å². The summed E-state index contributed by atoms with van der Waals surface area (Å²) in [7, 11) is 0. The number of nitrogens with one attached hydrogen (secondary N) is 2. The fourth-order valence-corrected chi connectivity index (χ4v) is 2.78. The van der Waals surface area contributed by atoms with E-state index in [0.29, 0.717) is 22.0 Å². The van der Waals surface area contributed by atoms with Crippen molar-refractivity contribution in [1.29, 1.82) is 0 Å². The standard InChI is InChI=1S/C22H19ClN2O2/c1-15-4-2-3-5-20(15)22(27)25-19-12-10-18(11-13-19)24-21(26)14-16-6-8-17(23)9-7-16/h2-13H,14H2,1H3,(H,24,26)(H,25,27). The molecule has 5 heteroatoms. The second kappa shape index (κ2) is 8.52. The number of benzene rings is 3. The molecule has 3 aromatic rings. The van der Waals surface area contributed by atoms with Crippen molar-refractivity contribution in [2.24, 2.45) is 0 Å². The maximum atomic E-state index is 12.3. The Morgan fingerprint density at radius 2 is 1.41 bits per heavy atom. The Labute approximate surface area is 163 Å². The van der Waals surface area contributed by atoms with Gasteiger partial charge in [-0.2, -0.15) is 0 Å². The number of anilines is 2. The van der Waals surface area contributed by atoms with E-state index < -0.39 is 0 Å². The van der Waals surface area contributed by atoms with Gasteiger partial charge in [-0.15, -0.1) is 0 Å². The Bertz CT molecular complexity index is 951. The van der Waals surface area contributed by atoms with Crippen LogP contribution in [-0.2, 0) is 11.2 Å². The lowest BCUT2D eigenvalue weighted by atomic mass is 10.1. The van der Waals surface area contributed by atoms with Gasteiger partial charge in [-0.05, 0) is 60.5 Å². The Kier molecular flexibility index (Phi) is 5.89. The minimum atomic E-state index is -0.160. The molecule has 27 heavy (non-hydrogen) atoms. The van der Waals surface area contributed by atoms with E-state index in [2.05, 4.69) is 10.6 Å². The second-order valence-electron chi connectivity index (χ2n) is 6.20. The van der Waals surface area contributed by atoms with E-state index in [-0.39, 0.29) is 18.2 Å². The van der Waals surface area contributed by atoms with Crippen LogP contribution in [0.15, 0.2) is 72.8 Å². The van der Waals surface area contributed by atoms with Crippen molar-refractivity contribution in [3.05, 3.63) is 94.5 Å².